The number of benzene rings is 1. The van der Waals surface area contributed by atoms with Gasteiger partial charge in [-0.2, -0.15) is 0 Å². The molecule has 0 amide bonds. The Bertz CT molecular complexity index is 1440. The molecule has 1 aromatic carbocycles. The number of fused-ring (bicyclic) bond motifs is 1. The number of pyridine rings is 1. The normalized spacial score (nSPS) is 17.5. The standard InChI is InChI=1S/C29H33N3O4S/c1-19(7-6-10-36-5)18-37(34,35)25-12-23(14-30-17-25)26-13-22-11-21(24-15-31-20(2)32-16-24)8-9-27(22)29(3,4)28(26)33/h7-9,11-12,14-17,26H,6,10,13,18H2,1-5H3/b19-7+. The van der Waals surface area contributed by atoms with Gasteiger partial charge in [-0.3, -0.25) is 9.78 Å². The van der Waals surface area contributed by atoms with Crippen LogP contribution in [0.3, 0.4) is 0 Å². The van der Waals surface area contributed by atoms with Crippen LogP contribution in [0.25, 0.3) is 11.1 Å². The lowest BCUT2D eigenvalue weighted by molar-refractivity contribution is -0.125. The molecule has 3 aromatic rings. The topological polar surface area (TPSA) is 99.1 Å². The van der Waals surface area contributed by atoms with Crippen molar-refractivity contribution in [2.75, 3.05) is 19.5 Å². The van der Waals surface area contributed by atoms with E-state index in [1.165, 1.54) is 6.20 Å². The van der Waals surface area contributed by atoms with E-state index in [4.69, 9.17) is 4.74 Å². The van der Waals surface area contributed by atoms with Gasteiger partial charge in [0.15, 0.2) is 15.6 Å². The number of sulfone groups is 1. The number of hydrogen-bond acceptors (Lipinski definition) is 7. The Hall–Kier alpha value is -3.23. The number of methoxy groups -OCH3 is 1. The summed E-state index contributed by atoms with van der Waals surface area (Å²) in [5.74, 6) is 0.166. The summed E-state index contributed by atoms with van der Waals surface area (Å²) in [6.45, 7) is 8.03. The van der Waals surface area contributed by atoms with E-state index in [9.17, 15) is 13.2 Å². The zero-order chi connectivity index (χ0) is 26.8. The number of ketones is 1. The average Bonchev–Trinajstić information content (AvgIpc) is 2.86. The molecule has 0 saturated heterocycles. The zero-order valence-electron chi connectivity index (χ0n) is 22.0. The van der Waals surface area contributed by atoms with Crippen LogP contribution in [0.4, 0.5) is 0 Å². The second-order valence-electron chi connectivity index (χ2n) is 10.2. The van der Waals surface area contributed by atoms with E-state index in [1.54, 1.807) is 38.7 Å². The summed E-state index contributed by atoms with van der Waals surface area (Å²) in [6, 6.07) is 7.72. The number of aromatic nitrogens is 3. The first kappa shape index (κ1) is 26.8. The third-order valence-electron chi connectivity index (χ3n) is 6.98. The van der Waals surface area contributed by atoms with Crippen LogP contribution in [-0.4, -0.2) is 48.6 Å². The molecule has 0 spiro atoms. The number of aryl methyl sites for hydroxylation is 1. The molecule has 4 rings (SSSR count). The molecule has 0 N–H and O–H groups in total. The van der Waals surface area contributed by atoms with Crippen LogP contribution in [-0.2, 0) is 31.2 Å². The first-order valence-corrected chi connectivity index (χ1v) is 14.0. The molecule has 194 valence electrons. The first-order chi connectivity index (χ1) is 17.5. The van der Waals surface area contributed by atoms with Crippen molar-refractivity contribution in [1.29, 1.82) is 0 Å². The number of hydrogen-bond donors (Lipinski definition) is 0. The summed E-state index contributed by atoms with van der Waals surface area (Å²) in [5.41, 5.74) is 4.57. The van der Waals surface area contributed by atoms with E-state index in [1.807, 2.05) is 39.0 Å². The van der Waals surface area contributed by atoms with Gasteiger partial charge in [-0.15, -0.1) is 0 Å². The Kier molecular flexibility index (Phi) is 7.71. The predicted molar refractivity (Wildman–Crippen MR) is 143 cm³/mol. The maximum atomic E-state index is 13.7. The Morgan fingerprint density at radius 2 is 1.84 bits per heavy atom. The van der Waals surface area contributed by atoms with E-state index in [2.05, 4.69) is 21.0 Å². The van der Waals surface area contributed by atoms with Gasteiger partial charge in [0.25, 0.3) is 0 Å². The Morgan fingerprint density at radius 3 is 2.54 bits per heavy atom. The molecule has 0 fully saturated rings. The van der Waals surface area contributed by atoms with Crippen molar-refractivity contribution >= 4 is 15.6 Å². The van der Waals surface area contributed by atoms with Crippen LogP contribution in [0.2, 0.25) is 0 Å². The van der Waals surface area contributed by atoms with Crippen molar-refractivity contribution in [1.82, 2.24) is 15.0 Å². The van der Waals surface area contributed by atoms with Gasteiger partial charge in [0.1, 0.15) is 5.82 Å². The quantitative estimate of drug-likeness (QED) is 0.312. The second kappa shape index (κ2) is 10.6. The molecule has 2 aromatic heterocycles. The van der Waals surface area contributed by atoms with Gasteiger partial charge in [-0.25, -0.2) is 18.4 Å². The summed E-state index contributed by atoms with van der Waals surface area (Å²) in [4.78, 5) is 26.6. The zero-order valence-corrected chi connectivity index (χ0v) is 22.8. The van der Waals surface area contributed by atoms with Gasteiger partial charge in [0, 0.05) is 55.4 Å². The van der Waals surface area contributed by atoms with E-state index in [-0.39, 0.29) is 16.4 Å². The number of carbonyl (C=O) groups is 1. The Morgan fingerprint density at radius 1 is 1.11 bits per heavy atom. The van der Waals surface area contributed by atoms with Crippen LogP contribution >= 0.6 is 0 Å². The summed E-state index contributed by atoms with van der Waals surface area (Å²) in [7, 11) is -2.00. The molecule has 0 aliphatic heterocycles. The van der Waals surface area contributed by atoms with Crippen molar-refractivity contribution in [3.8, 4) is 11.1 Å². The van der Waals surface area contributed by atoms with E-state index >= 15 is 0 Å². The van der Waals surface area contributed by atoms with Crippen LogP contribution in [0.1, 0.15) is 55.6 Å². The number of rotatable bonds is 8. The smallest absolute Gasteiger partial charge is 0.183 e. The molecule has 7 nitrogen and oxygen atoms in total. The van der Waals surface area contributed by atoms with Crippen LogP contribution < -0.4 is 0 Å². The molecule has 1 aliphatic carbocycles. The lowest BCUT2D eigenvalue weighted by atomic mass is 9.65. The van der Waals surface area contributed by atoms with Crippen molar-refractivity contribution in [2.45, 2.75) is 56.8 Å². The van der Waals surface area contributed by atoms with Gasteiger partial charge in [0.05, 0.1) is 10.6 Å². The highest BCUT2D eigenvalue weighted by Crippen LogP contribution is 2.42. The maximum Gasteiger partial charge on any atom is 0.183 e. The Labute approximate surface area is 219 Å². The monoisotopic (exact) mass is 519 g/mol. The molecule has 0 radical (unpaired) electrons. The first-order valence-electron chi connectivity index (χ1n) is 12.3. The molecule has 37 heavy (non-hydrogen) atoms. The molecule has 2 heterocycles. The predicted octanol–water partition coefficient (Wildman–Crippen LogP) is 4.79. The highest BCUT2D eigenvalue weighted by Gasteiger charge is 2.42. The number of nitrogens with zero attached hydrogens (tertiary/aromatic N) is 3. The summed E-state index contributed by atoms with van der Waals surface area (Å²) < 4.78 is 31.3. The summed E-state index contributed by atoms with van der Waals surface area (Å²) in [6.07, 6.45) is 9.57. The number of carbonyl (C=O) groups excluding carboxylic acids is 1. The lowest BCUT2D eigenvalue weighted by Gasteiger charge is -2.36. The van der Waals surface area contributed by atoms with Crippen LogP contribution in [0, 0.1) is 6.92 Å². The summed E-state index contributed by atoms with van der Waals surface area (Å²) >= 11 is 0. The lowest BCUT2D eigenvalue weighted by Crippen LogP contribution is -2.39. The van der Waals surface area contributed by atoms with Gasteiger partial charge in [-0.1, -0.05) is 29.8 Å². The minimum Gasteiger partial charge on any atom is -0.384 e. The van der Waals surface area contributed by atoms with Crippen molar-refractivity contribution in [3.63, 3.8) is 0 Å². The maximum absolute atomic E-state index is 13.7. The minimum atomic E-state index is -3.61. The summed E-state index contributed by atoms with van der Waals surface area (Å²) in [5, 5.41) is 0. The van der Waals surface area contributed by atoms with Crippen LogP contribution in [0.15, 0.2) is 65.6 Å². The van der Waals surface area contributed by atoms with Gasteiger partial charge < -0.3 is 4.74 Å². The van der Waals surface area contributed by atoms with Gasteiger partial charge in [-0.05, 0) is 68.9 Å². The number of ether oxygens (including phenoxy) is 1. The van der Waals surface area contributed by atoms with Gasteiger partial charge >= 0.3 is 0 Å². The molecule has 0 saturated carbocycles. The van der Waals surface area contributed by atoms with E-state index in [0.717, 1.165) is 27.8 Å². The third-order valence-corrected chi connectivity index (χ3v) is 8.75. The van der Waals surface area contributed by atoms with Crippen molar-refractivity contribution in [3.05, 3.63) is 83.2 Å². The fourth-order valence-electron chi connectivity index (χ4n) is 4.91. The highest BCUT2D eigenvalue weighted by atomic mass is 32.2. The molecule has 1 unspecified atom stereocenters. The highest BCUT2D eigenvalue weighted by molar-refractivity contribution is 7.91. The van der Waals surface area contributed by atoms with Crippen LogP contribution in [0.5, 0.6) is 0 Å². The van der Waals surface area contributed by atoms with E-state index < -0.39 is 21.2 Å². The molecule has 1 aliphatic rings. The van der Waals surface area contributed by atoms with Crippen molar-refractivity contribution < 1.29 is 17.9 Å². The largest absolute Gasteiger partial charge is 0.384 e. The van der Waals surface area contributed by atoms with Gasteiger partial charge in [0.2, 0.25) is 0 Å². The molecule has 1 atom stereocenters. The molecule has 0 bridgehead atoms. The fraction of sp³-hybridized carbons (Fsp3) is 0.379. The minimum absolute atomic E-state index is 0.0541. The Balaban J connectivity index is 1.66. The van der Waals surface area contributed by atoms with Crippen molar-refractivity contribution in [2.24, 2.45) is 0 Å². The molecular weight excluding hydrogens is 486 g/mol. The second-order valence-corrected chi connectivity index (χ2v) is 12.2. The van der Waals surface area contributed by atoms with E-state index in [0.29, 0.717) is 30.8 Å². The molecular formula is C29H33N3O4S. The fourth-order valence-corrected chi connectivity index (χ4v) is 6.33. The SMILES string of the molecule is COCC/C=C(\C)CS(=O)(=O)c1cncc(C2Cc3cc(-c4cnc(C)nc4)ccc3C(C)(C)C2=O)c1. The molecule has 8 heteroatoms. The average molecular weight is 520 g/mol. The third kappa shape index (κ3) is 5.70. The number of Topliss-reactive ketones (excluding diaryl/α,β-unsaturated/α-hetero) is 1.